The quantitative estimate of drug-likeness (QED) is 0.794. The van der Waals surface area contributed by atoms with Crippen LogP contribution in [0.2, 0.25) is 0 Å². The summed E-state index contributed by atoms with van der Waals surface area (Å²) in [5.41, 5.74) is 6.32. The molecular formula is C12H18N4O3S. The Morgan fingerprint density at radius 3 is 2.65 bits per heavy atom. The molecule has 1 aromatic rings. The van der Waals surface area contributed by atoms with Gasteiger partial charge in [-0.15, -0.1) is 0 Å². The molecule has 0 saturated carbocycles. The summed E-state index contributed by atoms with van der Waals surface area (Å²) in [5, 5.41) is 0. The Hall–Kier alpha value is -1.67. The van der Waals surface area contributed by atoms with Crippen LogP contribution in [-0.4, -0.2) is 44.7 Å². The van der Waals surface area contributed by atoms with Crippen molar-refractivity contribution >= 4 is 21.6 Å². The molecule has 110 valence electrons. The summed E-state index contributed by atoms with van der Waals surface area (Å²) in [6, 6.07) is 3.45. The SMILES string of the molecule is CS(=O)(=O)NC1CCN(c2ccnc(C(N)=O)c2)CC1. The minimum absolute atomic E-state index is 0.0290. The number of primary amides is 1. The van der Waals surface area contributed by atoms with Gasteiger partial charge in [-0.1, -0.05) is 0 Å². The van der Waals surface area contributed by atoms with Gasteiger partial charge in [0, 0.05) is 31.0 Å². The van der Waals surface area contributed by atoms with E-state index >= 15 is 0 Å². The largest absolute Gasteiger partial charge is 0.371 e. The second-order valence-electron chi connectivity index (χ2n) is 4.91. The zero-order valence-corrected chi connectivity index (χ0v) is 12.1. The molecule has 0 unspecified atom stereocenters. The van der Waals surface area contributed by atoms with Crippen molar-refractivity contribution in [2.75, 3.05) is 24.2 Å². The lowest BCUT2D eigenvalue weighted by Crippen LogP contribution is -2.44. The van der Waals surface area contributed by atoms with Crippen LogP contribution in [0, 0.1) is 0 Å². The van der Waals surface area contributed by atoms with Crippen LogP contribution in [0.15, 0.2) is 18.3 Å². The first-order valence-electron chi connectivity index (χ1n) is 6.33. The summed E-state index contributed by atoms with van der Waals surface area (Å²) >= 11 is 0. The molecule has 1 aliphatic rings. The lowest BCUT2D eigenvalue weighted by atomic mass is 10.1. The Labute approximate surface area is 118 Å². The minimum atomic E-state index is -3.16. The maximum Gasteiger partial charge on any atom is 0.267 e. The average Bonchev–Trinajstić information content (AvgIpc) is 2.38. The fourth-order valence-corrected chi connectivity index (χ4v) is 3.15. The zero-order valence-electron chi connectivity index (χ0n) is 11.2. The number of nitrogens with zero attached hydrogens (tertiary/aromatic N) is 2. The van der Waals surface area contributed by atoms with Crippen LogP contribution in [0.3, 0.4) is 0 Å². The Balaban J connectivity index is 2.00. The molecule has 0 radical (unpaired) electrons. The number of amides is 1. The maximum absolute atomic E-state index is 11.2. The van der Waals surface area contributed by atoms with Gasteiger partial charge in [0.25, 0.3) is 5.91 Å². The van der Waals surface area contributed by atoms with Gasteiger partial charge in [0.15, 0.2) is 0 Å². The van der Waals surface area contributed by atoms with Gasteiger partial charge in [0.1, 0.15) is 5.69 Å². The van der Waals surface area contributed by atoms with Crippen LogP contribution in [0.1, 0.15) is 23.3 Å². The number of carbonyl (C=O) groups excluding carboxylic acids is 1. The van der Waals surface area contributed by atoms with Crippen molar-refractivity contribution in [2.45, 2.75) is 18.9 Å². The van der Waals surface area contributed by atoms with Crippen LogP contribution in [-0.2, 0) is 10.0 Å². The lowest BCUT2D eigenvalue weighted by Gasteiger charge is -2.33. The van der Waals surface area contributed by atoms with Crippen LogP contribution in [0.5, 0.6) is 0 Å². The number of hydrogen-bond acceptors (Lipinski definition) is 5. The Morgan fingerprint density at radius 2 is 2.10 bits per heavy atom. The summed E-state index contributed by atoms with van der Waals surface area (Å²) in [5.74, 6) is -0.555. The number of aromatic nitrogens is 1. The summed E-state index contributed by atoms with van der Waals surface area (Å²) < 4.78 is 25.0. The van der Waals surface area contributed by atoms with E-state index in [1.165, 1.54) is 6.26 Å². The number of sulfonamides is 1. The molecule has 7 nitrogen and oxygen atoms in total. The third kappa shape index (κ3) is 3.91. The van der Waals surface area contributed by atoms with Crippen molar-refractivity contribution in [3.05, 3.63) is 24.0 Å². The molecule has 1 amide bonds. The highest BCUT2D eigenvalue weighted by atomic mass is 32.2. The molecule has 2 rings (SSSR count). The highest BCUT2D eigenvalue weighted by molar-refractivity contribution is 7.88. The first-order valence-corrected chi connectivity index (χ1v) is 8.22. The number of pyridine rings is 1. The van der Waals surface area contributed by atoms with Crippen LogP contribution < -0.4 is 15.4 Å². The Morgan fingerprint density at radius 1 is 1.45 bits per heavy atom. The lowest BCUT2D eigenvalue weighted by molar-refractivity contribution is 0.0995. The molecular weight excluding hydrogens is 280 g/mol. The number of anilines is 1. The van der Waals surface area contributed by atoms with Gasteiger partial charge >= 0.3 is 0 Å². The van der Waals surface area contributed by atoms with E-state index in [4.69, 9.17) is 5.73 Å². The zero-order chi connectivity index (χ0) is 14.8. The van der Waals surface area contributed by atoms with E-state index in [-0.39, 0.29) is 11.7 Å². The van der Waals surface area contributed by atoms with Gasteiger partial charge < -0.3 is 10.6 Å². The van der Waals surface area contributed by atoms with Crippen molar-refractivity contribution in [1.29, 1.82) is 0 Å². The van der Waals surface area contributed by atoms with E-state index in [0.29, 0.717) is 0 Å². The smallest absolute Gasteiger partial charge is 0.267 e. The van der Waals surface area contributed by atoms with Crippen LogP contribution in [0.25, 0.3) is 0 Å². The third-order valence-corrected chi connectivity index (χ3v) is 4.00. The number of carbonyl (C=O) groups is 1. The average molecular weight is 298 g/mol. The van der Waals surface area contributed by atoms with Gasteiger partial charge in [0.05, 0.1) is 6.26 Å². The maximum atomic E-state index is 11.2. The summed E-state index contributed by atoms with van der Waals surface area (Å²) in [7, 11) is -3.16. The summed E-state index contributed by atoms with van der Waals surface area (Å²) in [6.07, 6.45) is 4.17. The van der Waals surface area contributed by atoms with E-state index in [9.17, 15) is 13.2 Å². The second kappa shape index (κ2) is 5.76. The highest BCUT2D eigenvalue weighted by Gasteiger charge is 2.22. The standard InChI is InChI=1S/C12H18N4O3S/c1-20(18,19)15-9-3-6-16(7-4-9)10-2-5-14-11(8-10)12(13)17/h2,5,8-9,15H,3-4,6-7H2,1H3,(H2,13,17). The topological polar surface area (TPSA) is 105 Å². The molecule has 8 heteroatoms. The van der Waals surface area contributed by atoms with Crippen molar-refractivity contribution in [3.8, 4) is 0 Å². The van der Waals surface area contributed by atoms with Gasteiger partial charge in [-0.2, -0.15) is 0 Å². The molecule has 20 heavy (non-hydrogen) atoms. The van der Waals surface area contributed by atoms with Gasteiger partial charge in [-0.25, -0.2) is 13.1 Å². The molecule has 3 N–H and O–H groups in total. The number of rotatable bonds is 4. The van der Waals surface area contributed by atoms with Crippen molar-refractivity contribution in [1.82, 2.24) is 9.71 Å². The molecule has 1 aliphatic heterocycles. The molecule has 1 fully saturated rings. The number of nitrogens with two attached hydrogens (primary N) is 1. The normalized spacial score (nSPS) is 17.1. The molecule has 1 aromatic heterocycles. The van der Waals surface area contributed by atoms with Crippen LogP contribution in [0.4, 0.5) is 5.69 Å². The molecule has 1 saturated heterocycles. The highest BCUT2D eigenvalue weighted by Crippen LogP contribution is 2.20. The molecule has 0 aromatic carbocycles. The van der Waals surface area contributed by atoms with Crippen LogP contribution >= 0.6 is 0 Å². The molecule has 0 spiro atoms. The van der Waals surface area contributed by atoms with Crippen molar-refractivity contribution in [2.24, 2.45) is 5.73 Å². The third-order valence-electron chi connectivity index (χ3n) is 3.24. The van der Waals surface area contributed by atoms with Crippen molar-refractivity contribution < 1.29 is 13.2 Å². The fourth-order valence-electron chi connectivity index (χ4n) is 2.31. The summed E-state index contributed by atoms with van der Waals surface area (Å²) in [4.78, 5) is 17.1. The Bertz CT molecular complexity index is 594. The van der Waals surface area contributed by atoms with E-state index < -0.39 is 15.9 Å². The molecule has 0 atom stereocenters. The predicted molar refractivity (Wildman–Crippen MR) is 76.0 cm³/mol. The van der Waals surface area contributed by atoms with Gasteiger partial charge in [-0.3, -0.25) is 9.78 Å². The Kier molecular flexibility index (Phi) is 4.24. The first-order chi connectivity index (χ1) is 9.35. The van der Waals surface area contributed by atoms with Crippen molar-refractivity contribution in [3.63, 3.8) is 0 Å². The van der Waals surface area contributed by atoms with E-state index in [0.717, 1.165) is 31.6 Å². The monoisotopic (exact) mass is 298 g/mol. The van der Waals surface area contributed by atoms with E-state index in [1.807, 2.05) is 6.07 Å². The number of nitrogens with one attached hydrogen (secondary N) is 1. The molecule has 2 heterocycles. The molecule has 0 aliphatic carbocycles. The van der Waals surface area contributed by atoms with E-state index in [1.54, 1.807) is 12.3 Å². The number of piperidine rings is 1. The van der Waals surface area contributed by atoms with E-state index in [2.05, 4.69) is 14.6 Å². The second-order valence-corrected chi connectivity index (χ2v) is 6.69. The minimum Gasteiger partial charge on any atom is -0.371 e. The predicted octanol–water partition coefficient (Wildman–Crippen LogP) is -0.301. The van der Waals surface area contributed by atoms with Gasteiger partial charge in [0.2, 0.25) is 10.0 Å². The number of hydrogen-bond donors (Lipinski definition) is 2. The summed E-state index contributed by atoms with van der Waals surface area (Å²) in [6.45, 7) is 1.44. The molecule has 0 bridgehead atoms. The van der Waals surface area contributed by atoms with Gasteiger partial charge in [-0.05, 0) is 25.0 Å². The first kappa shape index (κ1) is 14.7. The fraction of sp³-hybridized carbons (Fsp3) is 0.500.